The lowest BCUT2D eigenvalue weighted by atomic mass is 9.95. The van der Waals surface area contributed by atoms with Gasteiger partial charge >= 0.3 is 0 Å². The molecule has 1 atom stereocenters. The smallest absolute Gasteiger partial charge is 0.0835 e. The summed E-state index contributed by atoms with van der Waals surface area (Å²) in [7, 11) is 1.91. The monoisotopic (exact) mass is 217 g/mol. The Bertz CT molecular complexity index is 512. The lowest BCUT2D eigenvalue weighted by Gasteiger charge is -2.19. The number of aromatic nitrogens is 3. The molecule has 0 amide bonds. The van der Waals surface area contributed by atoms with Crippen molar-refractivity contribution >= 4 is 0 Å². The molecule has 2 aromatic rings. The first kappa shape index (κ1) is 9.66. The number of rotatable bonds is 1. The molecule has 0 fully saturated rings. The predicted octanol–water partition coefficient (Wildman–Crippen LogP) is 1.58. The van der Waals surface area contributed by atoms with Crippen LogP contribution in [0.5, 0.6) is 0 Å². The molecular formula is C12H15N3O. The maximum Gasteiger partial charge on any atom is 0.0835 e. The summed E-state index contributed by atoms with van der Waals surface area (Å²) < 4.78 is 3.92. The van der Waals surface area contributed by atoms with Gasteiger partial charge in [-0.2, -0.15) is 5.10 Å². The van der Waals surface area contributed by atoms with Crippen LogP contribution < -0.4 is 0 Å². The van der Waals surface area contributed by atoms with Crippen LogP contribution in [0.25, 0.3) is 5.69 Å². The van der Waals surface area contributed by atoms with Gasteiger partial charge in [0, 0.05) is 30.7 Å². The number of hydrogen-bond acceptors (Lipinski definition) is 2. The van der Waals surface area contributed by atoms with Gasteiger partial charge in [0.05, 0.1) is 18.0 Å². The third kappa shape index (κ3) is 1.38. The molecule has 4 heteroatoms. The molecule has 0 spiro atoms. The fraction of sp³-hybridized carbons (Fsp3) is 0.417. The molecule has 1 N–H and O–H groups in total. The fourth-order valence-corrected chi connectivity index (χ4v) is 2.44. The Morgan fingerprint density at radius 3 is 3.12 bits per heavy atom. The maximum absolute atomic E-state index is 9.89. The molecular weight excluding hydrogens is 202 g/mol. The normalized spacial score (nSPS) is 19.8. The Balaban J connectivity index is 2.09. The van der Waals surface area contributed by atoms with Gasteiger partial charge < -0.3 is 9.67 Å². The van der Waals surface area contributed by atoms with Crippen molar-refractivity contribution in [3.05, 3.63) is 35.9 Å². The van der Waals surface area contributed by atoms with Crippen LogP contribution in [0.15, 0.2) is 24.7 Å². The molecule has 1 unspecified atom stereocenters. The molecule has 2 aromatic heterocycles. The Hall–Kier alpha value is -1.55. The van der Waals surface area contributed by atoms with Gasteiger partial charge in [0.25, 0.3) is 0 Å². The third-order valence-electron chi connectivity index (χ3n) is 3.25. The van der Waals surface area contributed by atoms with Crippen molar-refractivity contribution < 1.29 is 5.11 Å². The molecule has 2 heterocycles. The minimum atomic E-state index is -0.290. The first-order valence-electron chi connectivity index (χ1n) is 5.63. The van der Waals surface area contributed by atoms with E-state index in [1.165, 1.54) is 5.69 Å². The highest BCUT2D eigenvalue weighted by Crippen LogP contribution is 2.31. The van der Waals surface area contributed by atoms with Crippen molar-refractivity contribution in [3.8, 4) is 5.69 Å². The van der Waals surface area contributed by atoms with Crippen molar-refractivity contribution in [2.45, 2.75) is 25.4 Å². The molecule has 16 heavy (non-hydrogen) atoms. The SMILES string of the molecule is Cn1cc(-n2ccc3c2CCCC3O)cn1. The molecule has 3 rings (SSSR count). The quantitative estimate of drug-likeness (QED) is 0.788. The summed E-state index contributed by atoms with van der Waals surface area (Å²) in [5, 5.41) is 14.1. The van der Waals surface area contributed by atoms with E-state index in [4.69, 9.17) is 0 Å². The summed E-state index contributed by atoms with van der Waals surface area (Å²) >= 11 is 0. The van der Waals surface area contributed by atoms with E-state index in [1.54, 1.807) is 4.68 Å². The zero-order valence-corrected chi connectivity index (χ0v) is 9.30. The minimum absolute atomic E-state index is 0.290. The van der Waals surface area contributed by atoms with Crippen LogP contribution in [-0.2, 0) is 13.5 Å². The van der Waals surface area contributed by atoms with E-state index in [2.05, 4.69) is 9.67 Å². The van der Waals surface area contributed by atoms with Gasteiger partial charge in [0.2, 0.25) is 0 Å². The second kappa shape index (κ2) is 3.49. The Morgan fingerprint density at radius 2 is 2.38 bits per heavy atom. The first-order chi connectivity index (χ1) is 7.75. The molecule has 0 radical (unpaired) electrons. The molecule has 0 saturated carbocycles. The van der Waals surface area contributed by atoms with E-state index in [1.807, 2.05) is 31.7 Å². The lowest BCUT2D eigenvalue weighted by Crippen LogP contribution is -2.10. The summed E-state index contributed by atoms with van der Waals surface area (Å²) in [6.45, 7) is 0. The van der Waals surface area contributed by atoms with Crippen molar-refractivity contribution in [1.82, 2.24) is 14.3 Å². The van der Waals surface area contributed by atoms with E-state index >= 15 is 0 Å². The maximum atomic E-state index is 9.89. The number of aliphatic hydroxyl groups is 1. The molecule has 0 aromatic carbocycles. The van der Waals surface area contributed by atoms with Crippen LogP contribution in [0.3, 0.4) is 0 Å². The van der Waals surface area contributed by atoms with Gasteiger partial charge in [-0.15, -0.1) is 0 Å². The van der Waals surface area contributed by atoms with Crippen LogP contribution >= 0.6 is 0 Å². The number of fused-ring (bicyclic) bond motifs is 1. The van der Waals surface area contributed by atoms with Gasteiger partial charge in [-0.05, 0) is 25.3 Å². The average Bonchev–Trinajstić information content (AvgIpc) is 2.84. The molecule has 1 aliphatic carbocycles. The van der Waals surface area contributed by atoms with Gasteiger partial charge in [-0.3, -0.25) is 4.68 Å². The highest BCUT2D eigenvalue weighted by atomic mass is 16.3. The van der Waals surface area contributed by atoms with E-state index < -0.39 is 0 Å². The largest absolute Gasteiger partial charge is 0.388 e. The van der Waals surface area contributed by atoms with Crippen LogP contribution in [0, 0.1) is 0 Å². The van der Waals surface area contributed by atoms with Gasteiger partial charge in [-0.1, -0.05) is 0 Å². The van der Waals surface area contributed by atoms with Crippen molar-refractivity contribution in [2.75, 3.05) is 0 Å². The van der Waals surface area contributed by atoms with E-state index in [9.17, 15) is 5.11 Å². The number of hydrogen-bond donors (Lipinski definition) is 1. The van der Waals surface area contributed by atoms with Crippen LogP contribution in [-0.4, -0.2) is 19.5 Å². The molecule has 0 aliphatic heterocycles. The molecule has 1 aliphatic rings. The second-order valence-corrected chi connectivity index (χ2v) is 4.37. The van der Waals surface area contributed by atoms with Crippen LogP contribution in [0.2, 0.25) is 0 Å². The Kier molecular flexibility index (Phi) is 2.11. The standard InChI is InChI=1S/C12H15N3O/c1-14-8-9(7-13-14)15-6-5-10-11(15)3-2-4-12(10)16/h5-8,12,16H,2-4H2,1H3. The lowest BCUT2D eigenvalue weighted by molar-refractivity contribution is 0.156. The zero-order chi connectivity index (χ0) is 11.1. The van der Waals surface area contributed by atoms with Gasteiger partial charge in [-0.25, -0.2) is 0 Å². The van der Waals surface area contributed by atoms with Gasteiger partial charge in [0.1, 0.15) is 0 Å². The Morgan fingerprint density at radius 1 is 1.50 bits per heavy atom. The molecule has 84 valence electrons. The highest BCUT2D eigenvalue weighted by molar-refractivity contribution is 5.37. The summed E-state index contributed by atoms with van der Waals surface area (Å²) in [5.74, 6) is 0. The fourth-order valence-electron chi connectivity index (χ4n) is 2.44. The van der Waals surface area contributed by atoms with Crippen LogP contribution in [0.1, 0.15) is 30.2 Å². The third-order valence-corrected chi connectivity index (χ3v) is 3.25. The van der Waals surface area contributed by atoms with Gasteiger partial charge in [0.15, 0.2) is 0 Å². The number of aliphatic hydroxyl groups excluding tert-OH is 1. The van der Waals surface area contributed by atoms with Crippen molar-refractivity contribution in [3.63, 3.8) is 0 Å². The minimum Gasteiger partial charge on any atom is -0.388 e. The van der Waals surface area contributed by atoms with Crippen LogP contribution in [0.4, 0.5) is 0 Å². The first-order valence-corrected chi connectivity index (χ1v) is 5.63. The van der Waals surface area contributed by atoms with E-state index in [0.29, 0.717) is 0 Å². The summed E-state index contributed by atoms with van der Waals surface area (Å²) in [5.41, 5.74) is 3.37. The summed E-state index contributed by atoms with van der Waals surface area (Å²) in [6.07, 6.45) is 8.54. The highest BCUT2D eigenvalue weighted by Gasteiger charge is 2.21. The summed E-state index contributed by atoms with van der Waals surface area (Å²) in [4.78, 5) is 0. The number of nitrogens with zero attached hydrogens (tertiary/aromatic N) is 3. The topological polar surface area (TPSA) is 43.0 Å². The van der Waals surface area contributed by atoms with Crippen molar-refractivity contribution in [2.24, 2.45) is 7.05 Å². The average molecular weight is 217 g/mol. The zero-order valence-electron chi connectivity index (χ0n) is 9.30. The summed E-state index contributed by atoms with van der Waals surface area (Å²) in [6, 6.07) is 2.02. The van der Waals surface area contributed by atoms with E-state index in [0.717, 1.165) is 30.5 Å². The molecule has 0 saturated heterocycles. The molecule has 0 bridgehead atoms. The van der Waals surface area contributed by atoms with Crippen molar-refractivity contribution in [1.29, 1.82) is 0 Å². The number of aryl methyl sites for hydroxylation is 1. The van der Waals surface area contributed by atoms with E-state index in [-0.39, 0.29) is 6.10 Å². The predicted molar refractivity (Wildman–Crippen MR) is 60.4 cm³/mol. The second-order valence-electron chi connectivity index (χ2n) is 4.37. The Labute approximate surface area is 94.1 Å². The molecule has 4 nitrogen and oxygen atoms in total.